The third-order valence-corrected chi connectivity index (χ3v) is 4.15. The van der Waals surface area contributed by atoms with Gasteiger partial charge < -0.3 is 20.2 Å². The van der Waals surface area contributed by atoms with Crippen molar-refractivity contribution in [1.29, 1.82) is 10.5 Å². The van der Waals surface area contributed by atoms with Crippen LogP contribution in [0.2, 0.25) is 5.02 Å². The number of benzene rings is 1. The third-order valence-electron chi connectivity index (χ3n) is 3.76. The SMILES string of the molecule is COc1ccc(C2CC(=O)NC(C(=C=[N-])C#N)=C2C#N)c(Cl)c1OC.[Na+]. The maximum atomic E-state index is 12.1. The van der Waals surface area contributed by atoms with E-state index in [4.69, 9.17) is 31.7 Å². The molecule has 0 radical (unpaired) electrons. The Morgan fingerprint density at radius 2 is 2.04 bits per heavy atom. The zero-order chi connectivity index (χ0) is 18.6. The second-order valence-electron chi connectivity index (χ2n) is 5.01. The number of hydrogen-bond acceptors (Lipinski definition) is 5. The van der Waals surface area contributed by atoms with Gasteiger partial charge in [-0.2, -0.15) is 10.5 Å². The standard InChI is InChI=1S/C17H12ClN4O3.Na/c1-24-13-4-3-10(15(18)17(13)25-2)11-5-14(23)22-16(12(11)8-21)9(6-19)7-20;/h3-4,11H,5H2,1-2H3,(H,22,23);/q-1;+1. The van der Waals surface area contributed by atoms with Crippen LogP contribution in [-0.2, 0) is 4.79 Å². The largest absolute Gasteiger partial charge is 1.00 e. The molecule has 1 aliphatic rings. The number of allylic oxidation sites excluding steroid dienone is 2. The second kappa shape index (κ2) is 9.45. The van der Waals surface area contributed by atoms with Crippen molar-refractivity contribution in [3.63, 3.8) is 0 Å². The molecule has 0 saturated heterocycles. The predicted octanol–water partition coefficient (Wildman–Crippen LogP) is -0.569. The van der Waals surface area contributed by atoms with Crippen molar-refractivity contribution in [1.82, 2.24) is 5.32 Å². The summed E-state index contributed by atoms with van der Waals surface area (Å²) in [6, 6.07) is 6.90. The Bertz CT molecular complexity index is 908. The minimum absolute atomic E-state index is 0. The fraction of sp³-hybridized carbons (Fsp3) is 0.235. The Morgan fingerprint density at radius 1 is 1.35 bits per heavy atom. The Labute approximate surface area is 177 Å². The van der Waals surface area contributed by atoms with Crippen molar-refractivity contribution < 1.29 is 43.8 Å². The number of amides is 1. The molecule has 0 aliphatic carbocycles. The van der Waals surface area contributed by atoms with E-state index in [2.05, 4.69) is 5.32 Å². The zero-order valence-electron chi connectivity index (χ0n) is 14.4. The quantitative estimate of drug-likeness (QED) is 0.428. The third kappa shape index (κ3) is 3.94. The first kappa shape index (κ1) is 21.8. The van der Waals surface area contributed by atoms with Crippen molar-refractivity contribution in [3.05, 3.63) is 45.0 Å². The van der Waals surface area contributed by atoms with Gasteiger partial charge in [0.05, 0.1) is 42.2 Å². The first-order chi connectivity index (χ1) is 12.0. The normalized spacial score (nSPS) is 15.6. The molecule has 0 bridgehead atoms. The average Bonchev–Trinajstić information content (AvgIpc) is 2.62. The van der Waals surface area contributed by atoms with E-state index < -0.39 is 11.8 Å². The van der Waals surface area contributed by atoms with E-state index in [9.17, 15) is 10.1 Å². The molecule has 1 aliphatic heterocycles. The molecule has 1 atom stereocenters. The Balaban J connectivity index is 0.00000338. The van der Waals surface area contributed by atoms with Gasteiger partial charge in [0, 0.05) is 12.3 Å². The summed E-state index contributed by atoms with van der Waals surface area (Å²) in [6.45, 7) is 0. The number of nitrogens with one attached hydrogen (secondary N) is 1. The Morgan fingerprint density at radius 3 is 2.54 bits per heavy atom. The molecule has 1 N–H and O–H groups in total. The minimum atomic E-state index is -0.710. The van der Waals surface area contributed by atoms with Crippen molar-refractivity contribution in [2.24, 2.45) is 0 Å². The summed E-state index contributed by atoms with van der Waals surface area (Å²) < 4.78 is 10.4. The predicted molar refractivity (Wildman–Crippen MR) is 90.2 cm³/mol. The molecule has 0 spiro atoms. The molecule has 1 aromatic rings. The van der Waals surface area contributed by atoms with Gasteiger partial charge in [0.25, 0.3) is 0 Å². The van der Waals surface area contributed by atoms with Crippen LogP contribution < -0.4 is 44.3 Å². The molecule has 2 rings (SSSR count). The summed E-state index contributed by atoms with van der Waals surface area (Å²) in [5.74, 6) is 1.23. The number of carbonyl (C=O) groups is 1. The van der Waals surface area contributed by atoms with Gasteiger partial charge in [0.15, 0.2) is 11.5 Å². The van der Waals surface area contributed by atoms with Crippen LogP contribution in [0.5, 0.6) is 11.5 Å². The molecule has 1 amide bonds. The van der Waals surface area contributed by atoms with Gasteiger partial charge >= 0.3 is 29.6 Å². The molecule has 1 heterocycles. The number of methoxy groups -OCH3 is 2. The van der Waals surface area contributed by atoms with Crippen LogP contribution in [0.15, 0.2) is 29.0 Å². The van der Waals surface area contributed by atoms with E-state index in [1.165, 1.54) is 14.2 Å². The van der Waals surface area contributed by atoms with E-state index in [1.54, 1.807) is 24.1 Å². The molecule has 1 unspecified atom stereocenters. The minimum Gasteiger partial charge on any atom is -0.762 e. The molecule has 26 heavy (non-hydrogen) atoms. The summed E-state index contributed by atoms with van der Waals surface area (Å²) in [6.07, 6.45) is -0.0499. The summed E-state index contributed by atoms with van der Waals surface area (Å²) >= 11 is 6.39. The van der Waals surface area contributed by atoms with E-state index in [0.29, 0.717) is 11.3 Å². The molecule has 0 saturated carbocycles. The van der Waals surface area contributed by atoms with Crippen molar-refractivity contribution >= 4 is 23.4 Å². The summed E-state index contributed by atoms with van der Waals surface area (Å²) in [4.78, 5) is 12.1. The molecule has 1 aromatic carbocycles. The topological polar surface area (TPSA) is 117 Å². The molecule has 9 heteroatoms. The number of nitriles is 2. The van der Waals surface area contributed by atoms with E-state index in [1.807, 2.05) is 6.07 Å². The zero-order valence-corrected chi connectivity index (χ0v) is 17.1. The van der Waals surface area contributed by atoms with Crippen LogP contribution >= 0.6 is 11.6 Å². The van der Waals surface area contributed by atoms with Crippen molar-refractivity contribution in [2.75, 3.05) is 14.2 Å². The number of rotatable bonds is 4. The molecule has 0 fully saturated rings. The number of nitrogens with zero attached hydrogens (tertiary/aromatic N) is 3. The fourth-order valence-electron chi connectivity index (χ4n) is 2.63. The average molecular weight is 379 g/mol. The van der Waals surface area contributed by atoms with Crippen LogP contribution in [0.4, 0.5) is 0 Å². The van der Waals surface area contributed by atoms with Crippen molar-refractivity contribution in [2.45, 2.75) is 12.3 Å². The van der Waals surface area contributed by atoms with Crippen LogP contribution in [0.3, 0.4) is 0 Å². The number of carbonyl (C=O) groups excluding carboxylic acids is 1. The summed E-state index contributed by atoms with van der Waals surface area (Å²) in [5.41, 5.74) is 0.135. The maximum absolute atomic E-state index is 12.1. The van der Waals surface area contributed by atoms with Crippen LogP contribution in [0, 0.1) is 22.7 Å². The molecular weight excluding hydrogens is 367 g/mol. The Hall–Kier alpha value is -2.25. The molecule has 126 valence electrons. The summed E-state index contributed by atoms with van der Waals surface area (Å²) in [5, 5.41) is 30.3. The van der Waals surface area contributed by atoms with Crippen LogP contribution in [0.1, 0.15) is 17.9 Å². The first-order valence-corrected chi connectivity index (χ1v) is 7.42. The molecule has 7 nitrogen and oxygen atoms in total. The van der Waals surface area contributed by atoms with E-state index in [-0.39, 0.29) is 63.6 Å². The monoisotopic (exact) mass is 378 g/mol. The van der Waals surface area contributed by atoms with Crippen LogP contribution in [-0.4, -0.2) is 26.0 Å². The maximum Gasteiger partial charge on any atom is 1.00 e. The van der Waals surface area contributed by atoms with Gasteiger partial charge in [-0.05, 0) is 11.6 Å². The van der Waals surface area contributed by atoms with Crippen molar-refractivity contribution in [3.8, 4) is 23.6 Å². The first-order valence-electron chi connectivity index (χ1n) is 7.04. The number of halogens is 1. The van der Waals surface area contributed by atoms with Gasteiger partial charge in [-0.1, -0.05) is 17.7 Å². The van der Waals surface area contributed by atoms with Gasteiger partial charge in [-0.3, -0.25) is 4.79 Å². The van der Waals surface area contributed by atoms with Crippen LogP contribution in [0.25, 0.3) is 5.41 Å². The van der Waals surface area contributed by atoms with Gasteiger partial charge in [0.1, 0.15) is 6.07 Å². The van der Waals surface area contributed by atoms with Gasteiger partial charge in [-0.25, -0.2) is 5.87 Å². The second-order valence-corrected chi connectivity index (χ2v) is 5.39. The Kier molecular flexibility index (Phi) is 7.92. The number of hydrogen-bond donors (Lipinski definition) is 1. The van der Waals surface area contributed by atoms with Gasteiger partial charge in [-0.15, -0.1) is 0 Å². The molecular formula is C17H12ClN4NaO3. The molecule has 0 aromatic heterocycles. The fourth-order valence-corrected chi connectivity index (χ4v) is 2.99. The van der Waals surface area contributed by atoms with E-state index in [0.717, 1.165) is 0 Å². The number of ether oxygens (including phenoxy) is 2. The van der Waals surface area contributed by atoms with E-state index >= 15 is 0 Å². The smallest absolute Gasteiger partial charge is 0.762 e. The summed E-state index contributed by atoms with van der Waals surface area (Å²) in [7, 11) is 2.88. The van der Waals surface area contributed by atoms with Gasteiger partial charge in [0.2, 0.25) is 5.91 Å².